The normalized spacial score (nSPS) is 25.5. The van der Waals surface area contributed by atoms with Crippen molar-refractivity contribution >= 4 is 0 Å². The Morgan fingerprint density at radius 2 is 1.67 bits per heavy atom. The van der Waals surface area contributed by atoms with Crippen LogP contribution in [0.1, 0.15) is 71.6 Å². The van der Waals surface area contributed by atoms with Gasteiger partial charge in [-0.05, 0) is 13.3 Å². The predicted octanol–water partition coefficient (Wildman–Crippen LogP) is 4.11. The van der Waals surface area contributed by atoms with Crippen molar-refractivity contribution < 1.29 is 4.74 Å². The summed E-state index contributed by atoms with van der Waals surface area (Å²) in [4.78, 5) is 0. The maximum Gasteiger partial charge on any atom is 0.0772 e. The zero-order valence-electron chi connectivity index (χ0n) is 12.2. The summed E-state index contributed by atoms with van der Waals surface area (Å²) >= 11 is 0. The molecule has 0 saturated carbocycles. The van der Waals surface area contributed by atoms with E-state index < -0.39 is 0 Å². The van der Waals surface area contributed by atoms with Crippen molar-refractivity contribution in [2.24, 2.45) is 0 Å². The van der Waals surface area contributed by atoms with E-state index in [0.717, 1.165) is 11.5 Å². The van der Waals surface area contributed by atoms with Crippen LogP contribution in [0.2, 0.25) is 0 Å². The highest BCUT2D eigenvalue weighted by molar-refractivity contribution is 4.83. The van der Waals surface area contributed by atoms with E-state index in [4.69, 9.17) is 4.74 Å². The monoisotopic (exact) mass is 256 g/mol. The number of hydroxylamine groups is 2. The highest BCUT2D eigenvalue weighted by atomic mass is 16.5. The first-order chi connectivity index (χ1) is 8.66. The summed E-state index contributed by atoms with van der Waals surface area (Å²) in [6, 6.07) is 0. The van der Waals surface area contributed by atoms with Gasteiger partial charge in [0.25, 0.3) is 0 Å². The summed E-state index contributed by atoms with van der Waals surface area (Å²) in [7, 11) is 0. The molecule has 108 valence electrons. The van der Waals surface area contributed by atoms with E-state index in [1.54, 1.807) is 0 Å². The number of morpholine rings is 1. The Hall–Kier alpha value is -0.120. The number of unbranched alkanes of at least 4 members (excludes halogenated alkanes) is 7. The Morgan fingerprint density at radius 3 is 2.28 bits per heavy atom. The quantitative estimate of drug-likeness (QED) is 0.582. The summed E-state index contributed by atoms with van der Waals surface area (Å²) in [6.45, 7) is 6.01. The first-order valence-corrected chi connectivity index (χ1v) is 7.72. The van der Waals surface area contributed by atoms with Crippen LogP contribution >= 0.6 is 0 Å². The number of rotatable bonds is 9. The van der Waals surface area contributed by atoms with Crippen molar-refractivity contribution in [3.8, 4) is 0 Å². The van der Waals surface area contributed by atoms with Gasteiger partial charge in [-0.15, -0.1) is 0 Å². The van der Waals surface area contributed by atoms with E-state index in [-0.39, 0.29) is 5.60 Å². The van der Waals surface area contributed by atoms with Crippen molar-refractivity contribution in [1.82, 2.24) is 5.06 Å². The number of hydrogen-bond donors (Lipinski definition) is 0. The van der Waals surface area contributed by atoms with E-state index >= 15 is 0 Å². The van der Waals surface area contributed by atoms with Crippen LogP contribution in [0.25, 0.3) is 0 Å². The molecule has 18 heavy (non-hydrogen) atoms. The van der Waals surface area contributed by atoms with Crippen LogP contribution < -0.4 is 0 Å². The summed E-state index contributed by atoms with van der Waals surface area (Å²) < 4.78 is 5.75. The number of nitrogens with zero attached hydrogens (tertiary/aromatic N) is 1. The summed E-state index contributed by atoms with van der Waals surface area (Å²) in [5.41, 5.74) is -0.192. The average molecular weight is 256 g/mol. The highest BCUT2D eigenvalue weighted by Gasteiger charge is 2.27. The second kappa shape index (κ2) is 8.89. The fraction of sp³-hybridized carbons (Fsp3) is 1.00. The summed E-state index contributed by atoms with van der Waals surface area (Å²) in [5, 5.41) is 12.5. The highest BCUT2D eigenvalue weighted by Crippen LogP contribution is 2.24. The molecular formula is C15H30NO2-. The van der Waals surface area contributed by atoms with Crippen molar-refractivity contribution in [2.75, 3.05) is 19.7 Å². The van der Waals surface area contributed by atoms with Gasteiger partial charge < -0.3 is 15.0 Å². The molecule has 1 fully saturated rings. The van der Waals surface area contributed by atoms with Gasteiger partial charge in [0.2, 0.25) is 0 Å². The predicted molar refractivity (Wildman–Crippen MR) is 76.5 cm³/mol. The second-order valence-electron chi connectivity index (χ2n) is 5.89. The molecule has 1 unspecified atom stereocenters. The average Bonchev–Trinajstić information content (AvgIpc) is 2.32. The van der Waals surface area contributed by atoms with Gasteiger partial charge in [0.05, 0.1) is 12.2 Å². The SMILES string of the molecule is CCCCCCCCCCC1(C)CN([O-])CCO1. The van der Waals surface area contributed by atoms with Crippen LogP contribution in [0.4, 0.5) is 0 Å². The van der Waals surface area contributed by atoms with Crippen LogP contribution in [0.3, 0.4) is 0 Å². The molecule has 1 heterocycles. The minimum absolute atomic E-state index is 0.192. The Morgan fingerprint density at radius 1 is 1.06 bits per heavy atom. The Bertz CT molecular complexity index is 211. The van der Waals surface area contributed by atoms with Crippen LogP contribution in [0.5, 0.6) is 0 Å². The van der Waals surface area contributed by atoms with Gasteiger partial charge in [0.1, 0.15) is 0 Å². The molecule has 0 N–H and O–H groups in total. The van der Waals surface area contributed by atoms with Crippen molar-refractivity contribution in [3.05, 3.63) is 5.21 Å². The molecular weight excluding hydrogens is 226 g/mol. The minimum atomic E-state index is -0.192. The lowest BCUT2D eigenvalue weighted by Crippen LogP contribution is -2.47. The van der Waals surface area contributed by atoms with Gasteiger partial charge in [-0.3, -0.25) is 0 Å². The molecule has 0 aromatic heterocycles. The van der Waals surface area contributed by atoms with Gasteiger partial charge in [-0.25, -0.2) is 0 Å². The molecule has 3 nitrogen and oxygen atoms in total. The molecule has 0 aliphatic carbocycles. The second-order valence-corrected chi connectivity index (χ2v) is 5.89. The maximum atomic E-state index is 11.4. The molecule has 1 aliphatic rings. The minimum Gasteiger partial charge on any atom is -0.785 e. The largest absolute Gasteiger partial charge is 0.785 e. The molecule has 1 rings (SSSR count). The Kier molecular flexibility index (Phi) is 7.87. The molecule has 3 heteroatoms. The standard InChI is InChI=1S/C15H30NO2/c1-3-4-5-6-7-8-9-10-11-15(2)14-16(17)12-13-18-15/h3-14H2,1-2H3/q-1. The molecule has 0 aromatic carbocycles. The fourth-order valence-corrected chi connectivity index (χ4v) is 2.68. The van der Waals surface area contributed by atoms with Crippen molar-refractivity contribution in [1.29, 1.82) is 0 Å². The third kappa shape index (κ3) is 6.72. The fourth-order valence-electron chi connectivity index (χ4n) is 2.68. The smallest absolute Gasteiger partial charge is 0.0772 e. The maximum absolute atomic E-state index is 11.4. The molecule has 1 saturated heterocycles. The van der Waals surface area contributed by atoms with Crippen LogP contribution in [-0.4, -0.2) is 30.4 Å². The third-order valence-electron chi connectivity index (χ3n) is 3.86. The van der Waals surface area contributed by atoms with Crippen LogP contribution in [-0.2, 0) is 4.74 Å². The summed E-state index contributed by atoms with van der Waals surface area (Å²) in [5.74, 6) is 0. The Balaban J connectivity index is 1.96. The molecule has 1 atom stereocenters. The molecule has 0 spiro atoms. The number of hydrogen-bond acceptors (Lipinski definition) is 3. The number of ether oxygens (including phenoxy) is 1. The van der Waals surface area contributed by atoms with Gasteiger partial charge in [-0.1, -0.05) is 58.3 Å². The van der Waals surface area contributed by atoms with Crippen LogP contribution in [0, 0.1) is 5.21 Å². The third-order valence-corrected chi connectivity index (χ3v) is 3.86. The topological polar surface area (TPSA) is 35.5 Å². The first-order valence-electron chi connectivity index (χ1n) is 7.72. The van der Waals surface area contributed by atoms with Gasteiger partial charge >= 0.3 is 0 Å². The van der Waals surface area contributed by atoms with E-state index in [2.05, 4.69) is 13.8 Å². The van der Waals surface area contributed by atoms with Crippen LogP contribution in [0.15, 0.2) is 0 Å². The van der Waals surface area contributed by atoms with Gasteiger partial charge in [0.15, 0.2) is 0 Å². The van der Waals surface area contributed by atoms with Gasteiger partial charge in [0, 0.05) is 13.1 Å². The lowest BCUT2D eigenvalue weighted by atomic mass is 9.96. The van der Waals surface area contributed by atoms with E-state index in [0.29, 0.717) is 19.7 Å². The van der Waals surface area contributed by atoms with Crippen molar-refractivity contribution in [2.45, 2.75) is 77.2 Å². The van der Waals surface area contributed by atoms with E-state index in [9.17, 15) is 5.21 Å². The molecule has 0 amide bonds. The summed E-state index contributed by atoms with van der Waals surface area (Å²) in [6.07, 6.45) is 11.7. The molecule has 0 bridgehead atoms. The molecule has 1 aliphatic heterocycles. The van der Waals surface area contributed by atoms with Crippen molar-refractivity contribution in [3.63, 3.8) is 0 Å². The van der Waals surface area contributed by atoms with E-state index in [1.165, 1.54) is 51.4 Å². The van der Waals surface area contributed by atoms with Gasteiger partial charge in [-0.2, -0.15) is 0 Å². The zero-order valence-corrected chi connectivity index (χ0v) is 12.2. The first kappa shape index (κ1) is 15.9. The Labute approximate surface area is 112 Å². The molecule has 0 radical (unpaired) electrons. The zero-order chi connectivity index (χ0) is 13.3. The van der Waals surface area contributed by atoms with E-state index in [1.807, 2.05) is 0 Å². The lowest BCUT2D eigenvalue weighted by molar-refractivity contribution is -0.0912. The lowest BCUT2D eigenvalue weighted by Gasteiger charge is -2.44. The molecule has 0 aromatic rings.